The summed E-state index contributed by atoms with van der Waals surface area (Å²) in [5.74, 6) is 0.924. The molecular weight excluding hydrogens is 248 g/mol. The predicted octanol–water partition coefficient (Wildman–Crippen LogP) is 2.02. The van der Waals surface area contributed by atoms with Crippen molar-refractivity contribution in [2.75, 3.05) is 25.0 Å². The van der Waals surface area contributed by atoms with Gasteiger partial charge >= 0.3 is 0 Å². The smallest absolute Gasteiger partial charge is 0.147 e. The fourth-order valence-corrected chi connectivity index (χ4v) is 3.49. The molecule has 0 radical (unpaired) electrons. The largest absolute Gasteiger partial charge is 0.351 e. The van der Waals surface area contributed by atoms with Crippen LogP contribution in [0.3, 0.4) is 0 Å². The zero-order chi connectivity index (χ0) is 13.9. The van der Waals surface area contributed by atoms with Gasteiger partial charge in [0.05, 0.1) is 5.56 Å². The molecule has 0 saturated carbocycles. The SMILES string of the molecule is CNCC1CCCCN1c1nc2c(cc1C#N)CCC2. The fraction of sp³-hybridized carbons (Fsp3) is 0.625. The minimum Gasteiger partial charge on any atom is -0.351 e. The fourth-order valence-electron chi connectivity index (χ4n) is 3.49. The summed E-state index contributed by atoms with van der Waals surface area (Å²) in [7, 11) is 1.99. The summed E-state index contributed by atoms with van der Waals surface area (Å²) in [6, 6.07) is 4.91. The molecule has 4 heteroatoms. The molecule has 0 spiro atoms. The van der Waals surface area contributed by atoms with Crippen molar-refractivity contribution in [2.24, 2.45) is 0 Å². The van der Waals surface area contributed by atoms with Crippen molar-refractivity contribution in [3.05, 3.63) is 22.9 Å². The zero-order valence-corrected chi connectivity index (χ0v) is 12.2. The van der Waals surface area contributed by atoms with E-state index in [2.05, 4.69) is 22.4 Å². The Hall–Kier alpha value is -1.60. The lowest BCUT2D eigenvalue weighted by Gasteiger charge is -2.37. The van der Waals surface area contributed by atoms with Crippen LogP contribution >= 0.6 is 0 Å². The quantitative estimate of drug-likeness (QED) is 0.913. The maximum atomic E-state index is 9.46. The number of rotatable bonds is 3. The van der Waals surface area contributed by atoms with Crippen molar-refractivity contribution < 1.29 is 0 Å². The van der Waals surface area contributed by atoms with Gasteiger partial charge in [-0.15, -0.1) is 0 Å². The molecule has 1 unspecified atom stereocenters. The lowest BCUT2D eigenvalue weighted by Crippen LogP contribution is -2.45. The van der Waals surface area contributed by atoms with Crippen LogP contribution in [-0.2, 0) is 12.8 Å². The first-order valence-corrected chi connectivity index (χ1v) is 7.67. The van der Waals surface area contributed by atoms with Crippen LogP contribution in [0.15, 0.2) is 6.07 Å². The average Bonchev–Trinajstić information content (AvgIpc) is 2.94. The summed E-state index contributed by atoms with van der Waals surface area (Å²) in [5.41, 5.74) is 3.26. The van der Waals surface area contributed by atoms with Crippen molar-refractivity contribution in [2.45, 2.75) is 44.6 Å². The molecule has 1 aliphatic heterocycles. The van der Waals surface area contributed by atoms with Crippen molar-refractivity contribution in [3.8, 4) is 6.07 Å². The molecule has 0 aromatic carbocycles. The minimum absolute atomic E-state index is 0.466. The molecule has 1 fully saturated rings. The highest BCUT2D eigenvalue weighted by Crippen LogP contribution is 2.30. The highest BCUT2D eigenvalue weighted by atomic mass is 15.2. The monoisotopic (exact) mass is 270 g/mol. The second kappa shape index (κ2) is 5.80. The van der Waals surface area contributed by atoms with Gasteiger partial charge < -0.3 is 10.2 Å². The van der Waals surface area contributed by atoms with Crippen LogP contribution in [0, 0.1) is 11.3 Å². The van der Waals surface area contributed by atoms with Gasteiger partial charge in [-0.05, 0) is 57.2 Å². The molecule has 20 heavy (non-hydrogen) atoms. The highest BCUT2D eigenvalue weighted by molar-refractivity contribution is 5.57. The lowest BCUT2D eigenvalue weighted by molar-refractivity contribution is 0.443. The zero-order valence-electron chi connectivity index (χ0n) is 12.2. The van der Waals surface area contributed by atoms with Crippen molar-refractivity contribution >= 4 is 5.82 Å². The predicted molar refractivity (Wildman–Crippen MR) is 79.9 cm³/mol. The maximum Gasteiger partial charge on any atom is 0.147 e. The van der Waals surface area contributed by atoms with Gasteiger partial charge in [0.25, 0.3) is 0 Å². The van der Waals surface area contributed by atoms with Gasteiger partial charge in [0.1, 0.15) is 11.9 Å². The number of nitrogens with one attached hydrogen (secondary N) is 1. The summed E-state index contributed by atoms with van der Waals surface area (Å²) in [4.78, 5) is 7.21. The van der Waals surface area contributed by atoms with E-state index in [-0.39, 0.29) is 0 Å². The van der Waals surface area contributed by atoms with Crippen molar-refractivity contribution in [3.63, 3.8) is 0 Å². The molecule has 106 valence electrons. The van der Waals surface area contributed by atoms with Crippen LogP contribution in [0.1, 0.15) is 42.5 Å². The normalized spacial score (nSPS) is 21.6. The first kappa shape index (κ1) is 13.4. The summed E-state index contributed by atoms with van der Waals surface area (Å²) in [5, 5.41) is 12.7. The molecule has 2 heterocycles. The number of hydrogen-bond acceptors (Lipinski definition) is 4. The molecule has 2 aliphatic rings. The van der Waals surface area contributed by atoms with Crippen molar-refractivity contribution in [1.82, 2.24) is 10.3 Å². The maximum absolute atomic E-state index is 9.46. The number of fused-ring (bicyclic) bond motifs is 1. The van der Waals surface area contributed by atoms with E-state index in [0.29, 0.717) is 6.04 Å². The van der Waals surface area contributed by atoms with E-state index < -0.39 is 0 Å². The van der Waals surface area contributed by atoms with Crippen LogP contribution in [0.2, 0.25) is 0 Å². The number of aryl methyl sites for hydroxylation is 2. The number of anilines is 1. The number of aromatic nitrogens is 1. The Balaban J connectivity index is 1.97. The Morgan fingerprint density at radius 3 is 3.10 bits per heavy atom. The first-order valence-electron chi connectivity index (χ1n) is 7.67. The Morgan fingerprint density at radius 2 is 2.30 bits per heavy atom. The molecular formula is C16H22N4. The lowest BCUT2D eigenvalue weighted by atomic mass is 10.0. The molecule has 1 saturated heterocycles. The molecule has 3 rings (SSSR count). The molecule has 1 aliphatic carbocycles. The number of nitrogens with zero attached hydrogens (tertiary/aromatic N) is 3. The third-order valence-corrected chi connectivity index (χ3v) is 4.49. The van der Waals surface area contributed by atoms with E-state index in [1.54, 1.807) is 0 Å². The van der Waals surface area contributed by atoms with E-state index in [4.69, 9.17) is 4.98 Å². The summed E-state index contributed by atoms with van der Waals surface area (Å²) in [6.07, 6.45) is 6.98. The highest BCUT2D eigenvalue weighted by Gasteiger charge is 2.27. The Bertz CT molecular complexity index is 530. The Kier molecular flexibility index (Phi) is 3.88. The average molecular weight is 270 g/mol. The Morgan fingerprint density at radius 1 is 1.40 bits per heavy atom. The molecule has 0 amide bonds. The standard InChI is InChI=1S/C16H22N4/c1-18-11-14-6-2-3-8-20(14)16-13(10-17)9-12-5-4-7-15(12)19-16/h9,14,18H,2-8,11H2,1H3. The second-order valence-corrected chi connectivity index (χ2v) is 5.83. The number of likely N-dealkylation sites (N-methyl/N-ethyl adjacent to an activating group) is 1. The summed E-state index contributed by atoms with van der Waals surface area (Å²) < 4.78 is 0. The molecule has 1 atom stereocenters. The molecule has 4 nitrogen and oxygen atoms in total. The third-order valence-electron chi connectivity index (χ3n) is 4.49. The number of piperidine rings is 1. The number of nitriles is 1. The van der Waals surface area contributed by atoms with E-state index in [1.807, 2.05) is 7.05 Å². The van der Waals surface area contributed by atoms with E-state index in [1.165, 1.54) is 36.9 Å². The third kappa shape index (κ3) is 2.38. The molecule has 1 aromatic rings. The molecule has 0 bridgehead atoms. The van der Waals surface area contributed by atoms with Gasteiger partial charge in [-0.25, -0.2) is 4.98 Å². The van der Waals surface area contributed by atoms with Gasteiger partial charge in [-0.2, -0.15) is 5.26 Å². The van der Waals surface area contributed by atoms with Gasteiger partial charge in [0, 0.05) is 24.8 Å². The van der Waals surface area contributed by atoms with Gasteiger partial charge in [-0.1, -0.05) is 0 Å². The van der Waals surface area contributed by atoms with Gasteiger partial charge in [-0.3, -0.25) is 0 Å². The van der Waals surface area contributed by atoms with Crippen LogP contribution in [0.25, 0.3) is 0 Å². The van der Waals surface area contributed by atoms with Crippen LogP contribution in [0.5, 0.6) is 0 Å². The van der Waals surface area contributed by atoms with Gasteiger partial charge in [0.15, 0.2) is 0 Å². The van der Waals surface area contributed by atoms with E-state index in [0.717, 1.165) is 37.3 Å². The second-order valence-electron chi connectivity index (χ2n) is 5.83. The molecule has 1 N–H and O–H groups in total. The van der Waals surface area contributed by atoms with Crippen LogP contribution in [-0.4, -0.2) is 31.2 Å². The van der Waals surface area contributed by atoms with E-state index in [9.17, 15) is 5.26 Å². The minimum atomic E-state index is 0.466. The summed E-state index contributed by atoms with van der Waals surface area (Å²) in [6.45, 7) is 1.98. The number of pyridine rings is 1. The topological polar surface area (TPSA) is 52.0 Å². The van der Waals surface area contributed by atoms with Crippen LogP contribution < -0.4 is 10.2 Å². The molecule has 1 aromatic heterocycles. The van der Waals surface area contributed by atoms with Crippen LogP contribution in [0.4, 0.5) is 5.82 Å². The van der Waals surface area contributed by atoms with Gasteiger partial charge in [0.2, 0.25) is 0 Å². The Labute approximate surface area is 120 Å². The first-order chi connectivity index (χ1) is 9.83. The van der Waals surface area contributed by atoms with Crippen molar-refractivity contribution in [1.29, 1.82) is 5.26 Å². The number of hydrogen-bond donors (Lipinski definition) is 1. The van der Waals surface area contributed by atoms with E-state index >= 15 is 0 Å². The summed E-state index contributed by atoms with van der Waals surface area (Å²) >= 11 is 0.